The zero-order valence-electron chi connectivity index (χ0n) is 11.4. The summed E-state index contributed by atoms with van der Waals surface area (Å²) in [6, 6.07) is 11.9. The van der Waals surface area contributed by atoms with Gasteiger partial charge in [-0.05, 0) is 56.5 Å². The van der Waals surface area contributed by atoms with Gasteiger partial charge in [0.25, 0.3) is 0 Å². The van der Waals surface area contributed by atoms with Crippen LogP contribution in [-0.4, -0.2) is 16.1 Å². The highest BCUT2D eigenvalue weighted by Gasteiger charge is 2.03. The van der Waals surface area contributed by atoms with Crippen LogP contribution in [0.3, 0.4) is 0 Å². The first kappa shape index (κ1) is 13.4. The van der Waals surface area contributed by atoms with E-state index >= 15 is 0 Å². The fraction of sp³-hybridized carbons (Fsp3) is 0.312. The molecule has 0 bridgehead atoms. The molecule has 0 fully saturated rings. The number of nitrogens with one attached hydrogen (secondary N) is 1. The van der Waals surface area contributed by atoms with Gasteiger partial charge < -0.3 is 10.4 Å². The average Bonchev–Trinajstić information content (AvgIpc) is 2.41. The zero-order valence-corrected chi connectivity index (χ0v) is 11.4. The van der Waals surface area contributed by atoms with Gasteiger partial charge in [-0.2, -0.15) is 0 Å². The third-order valence-corrected chi connectivity index (χ3v) is 3.13. The molecule has 1 unspecified atom stereocenters. The van der Waals surface area contributed by atoms with Crippen molar-refractivity contribution in [3.8, 4) is 5.75 Å². The normalized spacial score (nSPS) is 12.1. The van der Waals surface area contributed by atoms with E-state index < -0.39 is 0 Å². The zero-order chi connectivity index (χ0) is 13.7. The third kappa shape index (κ3) is 4.28. The van der Waals surface area contributed by atoms with Crippen LogP contribution in [0, 0.1) is 6.92 Å². The molecule has 2 rings (SSSR count). The number of hydrogen-bond acceptors (Lipinski definition) is 3. The minimum atomic E-state index is 0.320. The van der Waals surface area contributed by atoms with Crippen LogP contribution in [-0.2, 0) is 6.42 Å². The number of aromatic nitrogens is 1. The van der Waals surface area contributed by atoms with E-state index in [1.165, 1.54) is 5.56 Å². The van der Waals surface area contributed by atoms with Crippen molar-refractivity contribution in [1.29, 1.82) is 0 Å². The Morgan fingerprint density at radius 2 is 1.89 bits per heavy atom. The van der Waals surface area contributed by atoms with Crippen LogP contribution in [0.5, 0.6) is 5.75 Å². The molecule has 0 saturated heterocycles. The van der Waals surface area contributed by atoms with Crippen molar-refractivity contribution >= 4 is 5.69 Å². The second-order valence-electron chi connectivity index (χ2n) is 4.94. The minimum Gasteiger partial charge on any atom is -0.508 e. The second-order valence-corrected chi connectivity index (χ2v) is 4.94. The predicted molar refractivity (Wildman–Crippen MR) is 78.5 cm³/mol. The molecular weight excluding hydrogens is 236 g/mol. The highest BCUT2D eigenvalue weighted by atomic mass is 16.3. The van der Waals surface area contributed by atoms with Gasteiger partial charge in [0.05, 0.1) is 11.9 Å². The minimum absolute atomic E-state index is 0.320. The number of phenols is 1. The Hall–Kier alpha value is -2.03. The monoisotopic (exact) mass is 256 g/mol. The van der Waals surface area contributed by atoms with Crippen LogP contribution in [0.15, 0.2) is 42.6 Å². The van der Waals surface area contributed by atoms with E-state index in [9.17, 15) is 5.11 Å². The average molecular weight is 256 g/mol. The number of aromatic hydroxyl groups is 1. The Kier molecular flexibility index (Phi) is 4.39. The SMILES string of the molecule is Cc1ccc(NC(C)CCc2ccc(O)cc2)cn1. The van der Waals surface area contributed by atoms with E-state index in [2.05, 4.69) is 23.3 Å². The molecule has 0 amide bonds. The number of phenolic OH excluding ortho intramolecular Hbond substituents is 1. The predicted octanol–water partition coefficient (Wildman–Crippen LogP) is 3.53. The maximum atomic E-state index is 9.23. The van der Waals surface area contributed by atoms with Gasteiger partial charge in [-0.3, -0.25) is 4.98 Å². The summed E-state index contributed by atoms with van der Waals surface area (Å²) >= 11 is 0. The fourth-order valence-corrected chi connectivity index (χ4v) is 1.96. The fourth-order valence-electron chi connectivity index (χ4n) is 1.96. The molecule has 0 saturated carbocycles. The largest absolute Gasteiger partial charge is 0.508 e. The number of pyridine rings is 1. The van der Waals surface area contributed by atoms with Crippen molar-refractivity contribution in [1.82, 2.24) is 4.98 Å². The first-order chi connectivity index (χ1) is 9.13. The molecule has 0 aliphatic heterocycles. The lowest BCUT2D eigenvalue weighted by molar-refractivity contribution is 0.475. The Morgan fingerprint density at radius 3 is 2.53 bits per heavy atom. The Balaban J connectivity index is 1.82. The maximum Gasteiger partial charge on any atom is 0.115 e. The molecule has 100 valence electrons. The van der Waals surface area contributed by atoms with E-state index in [0.717, 1.165) is 24.2 Å². The Morgan fingerprint density at radius 1 is 1.16 bits per heavy atom. The van der Waals surface area contributed by atoms with Crippen LogP contribution < -0.4 is 5.32 Å². The Labute approximate surface area is 114 Å². The Bertz CT molecular complexity index is 505. The standard InChI is InChI=1S/C16H20N2O/c1-12-4-8-15(11-17-12)18-13(2)3-5-14-6-9-16(19)10-7-14/h4,6-11,13,18-19H,3,5H2,1-2H3. The topological polar surface area (TPSA) is 45.1 Å². The van der Waals surface area contributed by atoms with Crippen molar-refractivity contribution in [3.05, 3.63) is 53.9 Å². The van der Waals surface area contributed by atoms with Gasteiger partial charge in [-0.15, -0.1) is 0 Å². The second kappa shape index (κ2) is 6.23. The summed E-state index contributed by atoms with van der Waals surface area (Å²) in [5, 5.41) is 12.7. The van der Waals surface area contributed by atoms with Gasteiger partial charge in [-0.25, -0.2) is 0 Å². The van der Waals surface area contributed by atoms with E-state index in [1.54, 1.807) is 12.1 Å². The smallest absolute Gasteiger partial charge is 0.115 e. The van der Waals surface area contributed by atoms with E-state index in [1.807, 2.05) is 31.3 Å². The van der Waals surface area contributed by atoms with Crippen LogP contribution in [0.1, 0.15) is 24.6 Å². The number of anilines is 1. The first-order valence-corrected chi connectivity index (χ1v) is 6.60. The van der Waals surface area contributed by atoms with Crippen LogP contribution in [0.2, 0.25) is 0 Å². The number of hydrogen-bond donors (Lipinski definition) is 2. The summed E-state index contributed by atoms with van der Waals surface area (Å²) in [6.07, 6.45) is 3.90. The molecule has 0 spiro atoms. The van der Waals surface area contributed by atoms with Gasteiger partial charge in [-0.1, -0.05) is 12.1 Å². The van der Waals surface area contributed by atoms with Crippen LogP contribution in [0.25, 0.3) is 0 Å². The molecular formula is C16H20N2O. The summed E-state index contributed by atoms with van der Waals surface area (Å²) in [7, 11) is 0. The molecule has 1 atom stereocenters. The summed E-state index contributed by atoms with van der Waals surface area (Å²) in [6.45, 7) is 4.15. The van der Waals surface area contributed by atoms with Gasteiger partial charge in [0.1, 0.15) is 5.75 Å². The molecule has 3 heteroatoms. The van der Waals surface area contributed by atoms with Crippen molar-refractivity contribution in [3.63, 3.8) is 0 Å². The third-order valence-electron chi connectivity index (χ3n) is 3.13. The van der Waals surface area contributed by atoms with E-state index in [4.69, 9.17) is 0 Å². The van der Waals surface area contributed by atoms with Gasteiger partial charge in [0.2, 0.25) is 0 Å². The molecule has 1 heterocycles. The lowest BCUT2D eigenvalue weighted by Gasteiger charge is -2.15. The van der Waals surface area contributed by atoms with Crippen LogP contribution in [0.4, 0.5) is 5.69 Å². The number of aryl methyl sites for hydroxylation is 2. The van der Waals surface area contributed by atoms with Gasteiger partial charge in [0.15, 0.2) is 0 Å². The molecule has 0 radical (unpaired) electrons. The molecule has 1 aromatic heterocycles. The van der Waals surface area contributed by atoms with E-state index in [-0.39, 0.29) is 0 Å². The number of rotatable bonds is 5. The summed E-state index contributed by atoms with van der Waals surface area (Å²) in [4.78, 5) is 4.27. The molecule has 2 aromatic rings. The van der Waals surface area contributed by atoms with Crippen molar-refractivity contribution in [2.24, 2.45) is 0 Å². The molecule has 0 aliphatic carbocycles. The lowest BCUT2D eigenvalue weighted by atomic mass is 10.1. The van der Waals surface area contributed by atoms with Gasteiger partial charge >= 0.3 is 0 Å². The van der Waals surface area contributed by atoms with Crippen molar-refractivity contribution in [2.45, 2.75) is 32.7 Å². The van der Waals surface area contributed by atoms with E-state index in [0.29, 0.717) is 11.8 Å². The number of benzene rings is 1. The molecule has 3 nitrogen and oxygen atoms in total. The lowest BCUT2D eigenvalue weighted by Crippen LogP contribution is -2.16. The van der Waals surface area contributed by atoms with Crippen LogP contribution >= 0.6 is 0 Å². The molecule has 1 aromatic carbocycles. The maximum absolute atomic E-state index is 9.23. The summed E-state index contributed by atoms with van der Waals surface area (Å²) in [5.74, 6) is 0.320. The molecule has 0 aliphatic rings. The first-order valence-electron chi connectivity index (χ1n) is 6.60. The summed E-state index contributed by atoms with van der Waals surface area (Å²) in [5.41, 5.74) is 3.33. The number of nitrogens with zero attached hydrogens (tertiary/aromatic N) is 1. The summed E-state index contributed by atoms with van der Waals surface area (Å²) < 4.78 is 0. The van der Waals surface area contributed by atoms with Gasteiger partial charge in [0, 0.05) is 11.7 Å². The molecule has 19 heavy (non-hydrogen) atoms. The van der Waals surface area contributed by atoms with Crippen molar-refractivity contribution < 1.29 is 5.11 Å². The van der Waals surface area contributed by atoms with Crippen molar-refractivity contribution in [2.75, 3.05) is 5.32 Å². The molecule has 2 N–H and O–H groups in total. The highest BCUT2D eigenvalue weighted by molar-refractivity contribution is 5.41. The quantitative estimate of drug-likeness (QED) is 0.860. The highest BCUT2D eigenvalue weighted by Crippen LogP contribution is 2.14.